The zero-order valence-electron chi connectivity index (χ0n) is 26.7. The number of furan rings is 1. The van der Waals surface area contributed by atoms with Crippen LogP contribution < -0.4 is 0 Å². The van der Waals surface area contributed by atoms with Crippen molar-refractivity contribution >= 4 is 54.3 Å². The van der Waals surface area contributed by atoms with E-state index in [0.717, 1.165) is 27.5 Å². The third kappa shape index (κ3) is 4.47. The summed E-state index contributed by atoms with van der Waals surface area (Å²) in [4.78, 5) is 0. The van der Waals surface area contributed by atoms with E-state index in [2.05, 4.69) is 176 Å². The van der Waals surface area contributed by atoms with Crippen LogP contribution in [0.4, 0.5) is 0 Å². The molecule has 0 saturated heterocycles. The van der Waals surface area contributed by atoms with Crippen LogP contribution in [0.15, 0.2) is 186 Å². The summed E-state index contributed by atoms with van der Waals surface area (Å²) in [6.45, 7) is 0. The summed E-state index contributed by atoms with van der Waals surface area (Å²) in [7, 11) is 0. The van der Waals surface area contributed by atoms with Gasteiger partial charge in [0.2, 0.25) is 0 Å². The molecule has 0 unspecified atom stereocenters. The standard InChI is InChI=1S/C48H30O/c1-2-13-32(14-3-1)36-16-6-7-17-38(36)39-20-11-22-43-45(39)30-44-37(34-25-24-31-12-4-5-15-33(31)28-34)19-10-21-42(44)48(43)35-26-27-41-40-18-8-9-23-46(40)49-47(41)29-35/h1-30H. The smallest absolute Gasteiger partial charge is 0.136 e. The Kier molecular flexibility index (Phi) is 6.25. The highest BCUT2D eigenvalue weighted by molar-refractivity contribution is 6.20. The molecule has 9 aromatic carbocycles. The van der Waals surface area contributed by atoms with Crippen LogP contribution >= 0.6 is 0 Å². The van der Waals surface area contributed by atoms with E-state index in [0.29, 0.717) is 0 Å². The maximum atomic E-state index is 6.43. The summed E-state index contributed by atoms with van der Waals surface area (Å²) >= 11 is 0. The molecule has 0 fully saturated rings. The lowest BCUT2D eigenvalue weighted by molar-refractivity contribution is 0.669. The van der Waals surface area contributed by atoms with Gasteiger partial charge in [0, 0.05) is 10.8 Å². The minimum absolute atomic E-state index is 0.903. The van der Waals surface area contributed by atoms with Gasteiger partial charge in [-0.2, -0.15) is 0 Å². The average molecular weight is 623 g/mol. The fourth-order valence-corrected chi connectivity index (χ4v) is 7.79. The number of benzene rings is 9. The molecule has 0 aliphatic rings. The van der Waals surface area contributed by atoms with Crippen LogP contribution in [0.25, 0.3) is 98.8 Å². The Morgan fingerprint density at radius 1 is 0.265 bits per heavy atom. The second-order valence-corrected chi connectivity index (χ2v) is 12.8. The summed E-state index contributed by atoms with van der Waals surface area (Å²) < 4.78 is 6.43. The first-order chi connectivity index (χ1) is 24.3. The van der Waals surface area contributed by atoms with Gasteiger partial charge in [0.25, 0.3) is 0 Å². The van der Waals surface area contributed by atoms with E-state index in [1.807, 2.05) is 6.07 Å². The minimum Gasteiger partial charge on any atom is -0.456 e. The maximum absolute atomic E-state index is 6.43. The first-order valence-corrected chi connectivity index (χ1v) is 16.8. The lowest BCUT2D eigenvalue weighted by atomic mass is 9.85. The summed E-state index contributed by atoms with van der Waals surface area (Å²) in [6, 6.07) is 65.9. The molecule has 1 nitrogen and oxygen atoms in total. The quantitative estimate of drug-likeness (QED) is 0.178. The van der Waals surface area contributed by atoms with Crippen molar-refractivity contribution in [3.8, 4) is 44.5 Å². The molecule has 0 radical (unpaired) electrons. The van der Waals surface area contributed by atoms with Gasteiger partial charge >= 0.3 is 0 Å². The highest BCUT2D eigenvalue weighted by atomic mass is 16.3. The van der Waals surface area contributed by atoms with Gasteiger partial charge < -0.3 is 4.42 Å². The number of hydrogen-bond acceptors (Lipinski definition) is 1. The van der Waals surface area contributed by atoms with Crippen LogP contribution in [-0.4, -0.2) is 0 Å². The fourth-order valence-electron chi connectivity index (χ4n) is 7.79. The van der Waals surface area contributed by atoms with E-state index in [1.54, 1.807) is 0 Å². The molecule has 0 N–H and O–H groups in total. The predicted octanol–water partition coefficient (Wildman–Crippen LogP) is 13.7. The van der Waals surface area contributed by atoms with Crippen LogP contribution in [0.2, 0.25) is 0 Å². The monoisotopic (exact) mass is 622 g/mol. The third-order valence-corrected chi connectivity index (χ3v) is 10.1. The lowest BCUT2D eigenvalue weighted by Gasteiger charge is -2.19. The molecule has 0 spiro atoms. The Bertz CT molecular complexity index is 2870. The first-order valence-electron chi connectivity index (χ1n) is 16.8. The molecular formula is C48H30O. The molecule has 228 valence electrons. The Labute approximate surface area is 284 Å². The van der Waals surface area contributed by atoms with Gasteiger partial charge in [0.05, 0.1) is 0 Å². The van der Waals surface area contributed by atoms with Crippen molar-refractivity contribution in [2.75, 3.05) is 0 Å². The maximum Gasteiger partial charge on any atom is 0.136 e. The number of rotatable bonds is 4. The molecular weight excluding hydrogens is 593 g/mol. The average Bonchev–Trinajstić information content (AvgIpc) is 3.54. The summed E-state index contributed by atoms with van der Waals surface area (Å²) in [5, 5.41) is 9.67. The topological polar surface area (TPSA) is 13.1 Å². The van der Waals surface area contributed by atoms with Crippen molar-refractivity contribution in [1.82, 2.24) is 0 Å². The highest BCUT2D eigenvalue weighted by Gasteiger charge is 2.18. The van der Waals surface area contributed by atoms with E-state index >= 15 is 0 Å². The molecule has 0 amide bonds. The molecule has 0 atom stereocenters. The zero-order valence-corrected chi connectivity index (χ0v) is 26.7. The van der Waals surface area contributed by atoms with Gasteiger partial charge in [-0.3, -0.25) is 0 Å². The third-order valence-electron chi connectivity index (χ3n) is 10.1. The second kappa shape index (κ2) is 11.1. The molecule has 0 saturated carbocycles. The Morgan fingerprint density at radius 3 is 1.73 bits per heavy atom. The largest absolute Gasteiger partial charge is 0.456 e. The summed E-state index contributed by atoms with van der Waals surface area (Å²) in [5.41, 5.74) is 11.5. The lowest BCUT2D eigenvalue weighted by Crippen LogP contribution is -1.92. The highest BCUT2D eigenvalue weighted by Crippen LogP contribution is 2.45. The Hall–Kier alpha value is -6.44. The first kappa shape index (κ1) is 27.7. The van der Waals surface area contributed by atoms with Gasteiger partial charge in [-0.1, -0.05) is 152 Å². The molecule has 0 aliphatic carbocycles. The summed E-state index contributed by atoms with van der Waals surface area (Å²) in [5.74, 6) is 0. The molecule has 10 aromatic rings. The van der Waals surface area contributed by atoms with E-state index < -0.39 is 0 Å². The van der Waals surface area contributed by atoms with Gasteiger partial charge in [-0.25, -0.2) is 0 Å². The number of para-hydroxylation sites is 1. The molecule has 1 aromatic heterocycles. The van der Waals surface area contributed by atoms with Crippen molar-refractivity contribution in [3.05, 3.63) is 182 Å². The molecule has 1 heteroatoms. The van der Waals surface area contributed by atoms with E-state index in [9.17, 15) is 0 Å². The van der Waals surface area contributed by atoms with Crippen molar-refractivity contribution in [3.63, 3.8) is 0 Å². The van der Waals surface area contributed by atoms with Crippen LogP contribution in [0, 0.1) is 0 Å². The van der Waals surface area contributed by atoms with E-state index in [-0.39, 0.29) is 0 Å². The predicted molar refractivity (Wildman–Crippen MR) is 208 cm³/mol. The SMILES string of the molecule is c1ccc(-c2ccccc2-c2cccc3c(-c4ccc5c(c4)oc4ccccc45)c4cccc(-c5ccc6ccccc6c5)c4cc23)cc1. The van der Waals surface area contributed by atoms with Crippen molar-refractivity contribution < 1.29 is 4.42 Å². The van der Waals surface area contributed by atoms with E-state index in [1.165, 1.54) is 71.3 Å². The van der Waals surface area contributed by atoms with Gasteiger partial charge in [0.15, 0.2) is 0 Å². The van der Waals surface area contributed by atoms with Crippen molar-refractivity contribution in [2.24, 2.45) is 0 Å². The Morgan fingerprint density at radius 2 is 0.878 bits per heavy atom. The van der Waals surface area contributed by atoms with Gasteiger partial charge in [0.1, 0.15) is 11.2 Å². The molecule has 0 aliphatic heterocycles. The number of hydrogen-bond donors (Lipinski definition) is 0. The molecule has 0 bridgehead atoms. The van der Waals surface area contributed by atoms with Gasteiger partial charge in [-0.15, -0.1) is 0 Å². The normalized spacial score (nSPS) is 11.7. The van der Waals surface area contributed by atoms with Gasteiger partial charge in [-0.05, 0) is 107 Å². The zero-order chi connectivity index (χ0) is 32.3. The van der Waals surface area contributed by atoms with E-state index in [4.69, 9.17) is 4.42 Å². The molecule has 1 heterocycles. The van der Waals surface area contributed by atoms with Crippen LogP contribution in [0.1, 0.15) is 0 Å². The summed E-state index contributed by atoms with van der Waals surface area (Å²) in [6.07, 6.45) is 0. The second-order valence-electron chi connectivity index (χ2n) is 12.8. The fraction of sp³-hybridized carbons (Fsp3) is 0. The van der Waals surface area contributed by atoms with Crippen molar-refractivity contribution in [2.45, 2.75) is 0 Å². The van der Waals surface area contributed by atoms with Crippen LogP contribution in [0.3, 0.4) is 0 Å². The molecule has 49 heavy (non-hydrogen) atoms. The van der Waals surface area contributed by atoms with Crippen LogP contribution in [0.5, 0.6) is 0 Å². The van der Waals surface area contributed by atoms with Crippen LogP contribution in [-0.2, 0) is 0 Å². The number of fused-ring (bicyclic) bond motifs is 6. The minimum atomic E-state index is 0.903. The Balaban J connectivity index is 1.31. The van der Waals surface area contributed by atoms with Crippen molar-refractivity contribution in [1.29, 1.82) is 0 Å². The molecule has 10 rings (SSSR count).